The van der Waals surface area contributed by atoms with Gasteiger partial charge in [-0.05, 0) is 42.8 Å². The molecule has 0 unspecified atom stereocenters. The lowest BCUT2D eigenvalue weighted by Crippen LogP contribution is -2.25. The quantitative estimate of drug-likeness (QED) is 0.269. The smallest absolute Gasteiger partial charge is 0.255 e. The summed E-state index contributed by atoms with van der Waals surface area (Å²) in [5.41, 5.74) is 5.40. The van der Waals surface area contributed by atoms with Crippen molar-refractivity contribution in [1.29, 1.82) is 0 Å². The number of sulfonamides is 1. The maximum atomic E-state index is 13.5. The van der Waals surface area contributed by atoms with E-state index >= 15 is 0 Å². The number of furan rings is 1. The zero-order valence-corrected chi connectivity index (χ0v) is 24.0. The third-order valence-electron chi connectivity index (χ3n) is 7.23. The van der Waals surface area contributed by atoms with Gasteiger partial charge in [0.05, 0.1) is 34.7 Å². The van der Waals surface area contributed by atoms with Crippen LogP contribution in [0.2, 0.25) is 0 Å². The van der Waals surface area contributed by atoms with Gasteiger partial charge in [0, 0.05) is 36.7 Å². The number of pyridine rings is 1. The van der Waals surface area contributed by atoms with Crippen molar-refractivity contribution in [2.75, 3.05) is 24.7 Å². The molecule has 0 radical (unpaired) electrons. The van der Waals surface area contributed by atoms with Crippen molar-refractivity contribution in [3.05, 3.63) is 96.2 Å². The van der Waals surface area contributed by atoms with E-state index in [0.717, 1.165) is 18.0 Å². The first kappa shape index (κ1) is 27.2. The Balaban J connectivity index is 1.63. The fourth-order valence-corrected chi connectivity index (χ4v) is 5.44. The molecule has 1 N–H and O–H groups in total. The number of imidazole rings is 1. The molecular formula is C31H26FN5O4S. The summed E-state index contributed by atoms with van der Waals surface area (Å²) in [6.07, 6.45) is 3.84. The molecule has 0 aliphatic carbocycles. The molecule has 0 aliphatic rings. The number of benzene rings is 3. The van der Waals surface area contributed by atoms with Crippen LogP contribution in [0.5, 0.6) is 0 Å². The van der Waals surface area contributed by atoms with E-state index in [0.29, 0.717) is 61.5 Å². The van der Waals surface area contributed by atoms with Gasteiger partial charge in [-0.1, -0.05) is 35.9 Å². The Hall–Kier alpha value is -5.03. The lowest BCUT2D eigenvalue weighted by molar-refractivity contribution is 0.0964. The summed E-state index contributed by atoms with van der Waals surface area (Å²) in [6, 6.07) is 19.4. The zero-order chi connectivity index (χ0) is 29.8. The van der Waals surface area contributed by atoms with Gasteiger partial charge < -0.3 is 9.73 Å². The van der Waals surface area contributed by atoms with Gasteiger partial charge in [0.2, 0.25) is 10.0 Å². The Morgan fingerprint density at radius 3 is 2.40 bits per heavy atom. The van der Waals surface area contributed by atoms with Gasteiger partial charge >= 0.3 is 0 Å². The van der Waals surface area contributed by atoms with Gasteiger partial charge in [0.1, 0.15) is 29.3 Å². The van der Waals surface area contributed by atoms with Gasteiger partial charge in [-0.2, -0.15) is 0 Å². The van der Waals surface area contributed by atoms with Crippen molar-refractivity contribution in [2.24, 2.45) is 0 Å². The molecule has 0 spiro atoms. The maximum absolute atomic E-state index is 13.5. The standard InChI is InChI=1S/C31H26FN5O4S/c1-18-5-7-19(8-6-18)30-29(31(38)33-2)23-14-22(25(15-27(23)41-30)36(3)42(4,39)40)20-9-11-24-26(13-20)37(17-35-24)28-12-10-21(32)16-34-28/h5-17H,1-4H3,(H,33,38). The predicted molar refractivity (Wildman–Crippen MR) is 161 cm³/mol. The van der Waals surface area contributed by atoms with Crippen LogP contribution in [-0.4, -0.2) is 49.2 Å². The van der Waals surface area contributed by atoms with Crippen LogP contribution in [0.4, 0.5) is 10.1 Å². The van der Waals surface area contributed by atoms with E-state index < -0.39 is 15.8 Å². The largest absolute Gasteiger partial charge is 0.455 e. The topological polar surface area (TPSA) is 110 Å². The number of fused-ring (bicyclic) bond motifs is 2. The number of carbonyl (C=O) groups excluding carboxylic acids is 1. The molecule has 42 heavy (non-hydrogen) atoms. The molecule has 0 aliphatic heterocycles. The van der Waals surface area contributed by atoms with Gasteiger partial charge in [0.15, 0.2) is 0 Å². The second-order valence-electron chi connectivity index (χ2n) is 10.0. The third kappa shape index (κ3) is 4.67. The first-order valence-corrected chi connectivity index (χ1v) is 14.8. The summed E-state index contributed by atoms with van der Waals surface area (Å²) in [7, 11) is -0.660. The van der Waals surface area contributed by atoms with Crippen molar-refractivity contribution in [1.82, 2.24) is 19.9 Å². The predicted octanol–water partition coefficient (Wildman–Crippen LogP) is 5.70. The first-order valence-electron chi connectivity index (χ1n) is 13.0. The molecule has 6 aromatic rings. The maximum Gasteiger partial charge on any atom is 0.255 e. The summed E-state index contributed by atoms with van der Waals surface area (Å²) in [5, 5.41) is 3.23. The summed E-state index contributed by atoms with van der Waals surface area (Å²) in [5.74, 6) is 0.0582. The van der Waals surface area contributed by atoms with E-state index in [2.05, 4.69) is 15.3 Å². The molecule has 0 atom stereocenters. The summed E-state index contributed by atoms with van der Waals surface area (Å²) < 4.78 is 48.2. The Morgan fingerprint density at radius 1 is 1.00 bits per heavy atom. The number of amides is 1. The van der Waals surface area contributed by atoms with Crippen molar-refractivity contribution in [2.45, 2.75) is 6.92 Å². The molecule has 3 heterocycles. The second kappa shape index (κ2) is 10.1. The highest BCUT2D eigenvalue weighted by molar-refractivity contribution is 7.92. The highest BCUT2D eigenvalue weighted by atomic mass is 32.2. The molecule has 3 aromatic heterocycles. The van der Waals surface area contributed by atoms with Crippen LogP contribution < -0.4 is 9.62 Å². The zero-order valence-electron chi connectivity index (χ0n) is 23.2. The van der Waals surface area contributed by atoms with E-state index in [1.54, 1.807) is 36.1 Å². The van der Waals surface area contributed by atoms with Crippen molar-refractivity contribution < 1.29 is 22.0 Å². The number of nitrogens with one attached hydrogen (secondary N) is 1. The minimum atomic E-state index is -3.67. The minimum Gasteiger partial charge on any atom is -0.455 e. The summed E-state index contributed by atoms with van der Waals surface area (Å²) >= 11 is 0. The summed E-state index contributed by atoms with van der Waals surface area (Å²) in [6.45, 7) is 1.97. The molecule has 1 amide bonds. The number of hydrogen-bond donors (Lipinski definition) is 1. The van der Waals surface area contributed by atoms with Crippen LogP contribution >= 0.6 is 0 Å². The van der Waals surface area contributed by atoms with E-state index in [1.165, 1.54) is 17.4 Å². The molecule has 11 heteroatoms. The lowest BCUT2D eigenvalue weighted by Gasteiger charge is -2.21. The molecule has 3 aromatic carbocycles. The number of carbonyl (C=O) groups is 1. The van der Waals surface area contributed by atoms with E-state index in [4.69, 9.17) is 4.42 Å². The third-order valence-corrected chi connectivity index (χ3v) is 8.42. The normalized spacial score (nSPS) is 11.7. The molecule has 6 rings (SSSR count). The molecule has 0 bridgehead atoms. The number of nitrogens with zero attached hydrogens (tertiary/aromatic N) is 4. The molecular weight excluding hydrogens is 557 g/mol. The van der Waals surface area contributed by atoms with Crippen LogP contribution in [-0.2, 0) is 10.0 Å². The van der Waals surface area contributed by atoms with Crippen LogP contribution in [0.1, 0.15) is 15.9 Å². The lowest BCUT2D eigenvalue weighted by atomic mass is 9.98. The molecule has 9 nitrogen and oxygen atoms in total. The fraction of sp³-hybridized carbons (Fsp3) is 0.129. The number of anilines is 1. The minimum absolute atomic E-state index is 0.338. The number of hydrogen-bond acceptors (Lipinski definition) is 6. The van der Waals surface area contributed by atoms with E-state index in [-0.39, 0.29) is 5.91 Å². The number of halogens is 1. The average Bonchev–Trinajstić information content (AvgIpc) is 3.57. The van der Waals surface area contributed by atoms with Gasteiger partial charge in [-0.3, -0.25) is 13.7 Å². The highest BCUT2D eigenvalue weighted by Crippen LogP contribution is 2.42. The SMILES string of the molecule is CNC(=O)c1c(-c2ccc(C)cc2)oc2cc(N(C)S(C)(=O)=O)c(-c3ccc4ncn(-c5ccc(F)cn5)c4c3)cc12. The Kier molecular flexibility index (Phi) is 6.53. The molecule has 0 saturated heterocycles. The summed E-state index contributed by atoms with van der Waals surface area (Å²) in [4.78, 5) is 21.8. The van der Waals surface area contributed by atoms with Gasteiger partial charge in [-0.15, -0.1) is 0 Å². The Morgan fingerprint density at radius 2 is 1.74 bits per heavy atom. The van der Waals surface area contributed by atoms with Gasteiger partial charge in [0.25, 0.3) is 5.91 Å². The number of rotatable bonds is 6. The number of aryl methyl sites for hydroxylation is 1. The Labute approximate surface area is 241 Å². The van der Waals surface area contributed by atoms with Crippen molar-refractivity contribution in [3.8, 4) is 28.3 Å². The highest BCUT2D eigenvalue weighted by Gasteiger charge is 2.26. The van der Waals surface area contributed by atoms with Crippen molar-refractivity contribution in [3.63, 3.8) is 0 Å². The monoisotopic (exact) mass is 583 g/mol. The molecule has 212 valence electrons. The second-order valence-corrected chi connectivity index (χ2v) is 12.0. The first-order chi connectivity index (χ1) is 20.0. The van der Waals surface area contributed by atoms with Crippen LogP contribution in [0.3, 0.4) is 0 Å². The van der Waals surface area contributed by atoms with Crippen molar-refractivity contribution >= 4 is 43.6 Å². The fourth-order valence-electron chi connectivity index (χ4n) is 4.93. The van der Waals surface area contributed by atoms with E-state index in [9.17, 15) is 17.6 Å². The van der Waals surface area contributed by atoms with Crippen LogP contribution in [0, 0.1) is 12.7 Å². The number of aromatic nitrogens is 3. The average molecular weight is 584 g/mol. The van der Waals surface area contributed by atoms with Crippen LogP contribution in [0.25, 0.3) is 50.3 Å². The van der Waals surface area contributed by atoms with Crippen LogP contribution in [0.15, 0.2) is 83.7 Å². The van der Waals surface area contributed by atoms with E-state index in [1.807, 2.05) is 49.4 Å². The molecule has 0 fully saturated rings. The Bertz CT molecular complexity index is 2100. The molecule has 0 saturated carbocycles. The van der Waals surface area contributed by atoms with Gasteiger partial charge in [-0.25, -0.2) is 22.8 Å².